The third kappa shape index (κ3) is 6.17. The zero-order valence-electron chi connectivity index (χ0n) is 21.0. The Labute approximate surface area is 202 Å². The molecule has 0 radical (unpaired) electrons. The Morgan fingerprint density at radius 3 is 2.18 bits per heavy atom. The van der Waals surface area contributed by atoms with Gasteiger partial charge in [-0.05, 0) is 36.2 Å². The summed E-state index contributed by atoms with van der Waals surface area (Å²) in [5.74, 6) is 0.535. The number of phenols is 2. The SMILES string of the molecule is CCN.CN1CCN(Cc2ccc(-c3cnoc3-c3cc(C(C)(C)C)c(O)cc3O)cc2)CC1. The van der Waals surface area contributed by atoms with Crippen molar-refractivity contribution in [2.45, 2.75) is 39.7 Å². The molecule has 2 aromatic carbocycles. The summed E-state index contributed by atoms with van der Waals surface area (Å²) >= 11 is 0. The van der Waals surface area contributed by atoms with Gasteiger partial charge < -0.3 is 25.4 Å². The van der Waals surface area contributed by atoms with Crippen LogP contribution >= 0.6 is 0 Å². The number of aromatic nitrogens is 1. The lowest BCUT2D eigenvalue weighted by Gasteiger charge is -2.32. The van der Waals surface area contributed by atoms with E-state index >= 15 is 0 Å². The smallest absolute Gasteiger partial charge is 0.178 e. The predicted octanol–water partition coefficient (Wildman–Crippen LogP) is 4.43. The Kier molecular flexibility index (Phi) is 8.36. The summed E-state index contributed by atoms with van der Waals surface area (Å²) in [7, 11) is 2.17. The van der Waals surface area contributed by atoms with Crippen LogP contribution in [0.25, 0.3) is 22.5 Å². The summed E-state index contributed by atoms with van der Waals surface area (Å²) in [5, 5.41) is 24.8. The molecule has 1 fully saturated rings. The van der Waals surface area contributed by atoms with Crippen LogP contribution in [-0.2, 0) is 12.0 Å². The second-order valence-electron chi connectivity index (χ2n) is 9.89. The van der Waals surface area contributed by atoms with E-state index in [4.69, 9.17) is 10.3 Å². The van der Waals surface area contributed by atoms with Crippen molar-refractivity contribution in [1.82, 2.24) is 15.0 Å². The van der Waals surface area contributed by atoms with Gasteiger partial charge in [0.15, 0.2) is 5.76 Å². The Morgan fingerprint density at radius 2 is 1.59 bits per heavy atom. The van der Waals surface area contributed by atoms with E-state index in [1.165, 1.54) is 11.6 Å². The van der Waals surface area contributed by atoms with E-state index in [2.05, 4.69) is 46.3 Å². The highest BCUT2D eigenvalue weighted by Gasteiger charge is 2.24. The molecule has 0 aliphatic carbocycles. The summed E-state index contributed by atoms with van der Waals surface area (Å²) in [6.45, 7) is 14.0. The molecule has 0 atom stereocenters. The van der Waals surface area contributed by atoms with Crippen LogP contribution in [-0.4, -0.2) is 64.9 Å². The largest absolute Gasteiger partial charge is 0.508 e. The molecule has 1 saturated heterocycles. The van der Waals surface area contributed by atoms with Gasteiger partial charge in [0, 0.05) is 49.9 Å². The lowest BCUT2D eigenvalue weighted by molar-refractivity contribution is 0.148. The molecular formula is C27H38N4O3. The summed E-state index contributed by atoms with van der Waals surface area (Å²) in [6.07, 6.45) is 1.67. The lowest BCUT2D eigenvalue weighted by atomic mass is 9.84. The maximum absolute atomic E-state index is 10.5. The molecule has 2 heterocycles. The van der Waals surface area contributed by atoms with E-state index < -0.39 is 0 Å². The van der Waals surface area contributed by atoms with Crippen LogP contribution in [0.1, 0.15) is 38.8 Å². The van der Waals surface area contributed by atoms with Crippen molar-refractivity contribution in [2.24, 2.45) is 5.73 Å². The zero-order valence-corrected chi connectivity index (χ0v) is 21.0. The molecule has 4 N–H and O–H groups in total. The van der Waals surface area contributed by atoms with E-state index in [1.54, 1.807) is 12.3 Å². The number of nitrogens with zero attached hydrogens (tertiary/aromatic N) is 3. The van der Waals surface area contributed by atoms with E-state index in [0.29, 0.717) is 11.3 Å². The Morgan fingerprint density at radius 1 is 0.971 bits per heavy atom. The van der Waals surface area contributed by atoms with Gasteiger partial charge in [0.05, 0.1) is 11.8 Å². The number of benzene rings is 2. The summed E-state index contributed by atoms with van der Waals surface area (Å²) in [4.78, 5) is 4.83. The van der Waals surface area contributed by atoms with Crippen molar-refractivity contribution in [3.05, 3.63) is 53.7 Å². The Bertz CT molecular complexity index is 1060. The minimum Gasteiger partial charge on any atom is -0.508 e. The molecular weight excluding hydrogens is 428 g/mol. The van der Waals surface area contributed by atoms with Crippen LogP contribution in [0.5, 0.6) is 11.5 Å². The molecule has 1 aliphatic rings. The normalized spacial score (nSPS) is 15.1. The van der Waals surface area contributed by atoms with Crippen LogP contribution in [0.4, 0.5) is 0 Å². The van der Waals surface area contributed by atoms with E-state index in [0.717, 1.165) is 56.0 Å². The van der Waals surface area contributed by atoms with Gasteiger partial charge >= 0.3 is 0 Å². The molecule has 0 unspecified atom stereocenters. The lowest BCUT2D eigenvalue weighted by Crippen LogP contribution is -2.43. The maximum atomic E-state index is 10.5. The van der Waals surface area contributed by atoms with Crippen LogP contribution in [0.3, 0.4) is 0 Å². The fourth-order valence-corrected chi connectivity index (χ4v) is 4.05. The monoisotopic (exact) mass is 466 g/mol. The van der Waals surface area contributed by atoms with Gasteiger partial charge in [-0.3, -0.25) is 4.90 Å². The second-order valence-corrected chi connectivity index (χ2v) is 9.89. The van der Waals surface area contributed by atoms with Crippen molar-refractivity contribution in [1.29, 1.82) is 0 Å². The first-order chi connectivity index (χ1) is 16.1. The van der Waals surface area contributed by atoms with Gasteiger partial charge in [-0.25, -0.2) is 0 Å². The second kappa shape index (κ2) is 11.0. The summed E-state index contributed by atoms with van der Waals surface area (Å²) in [5.41, 5.74) is 8.89. The highest BCUT2D eigenvalue weighted by atomic mass is 16.5. The molecule has 184 valence electrons. The summed E-state index contributed by atoms with van der Waals surface area (Å²) < 4.78 is 5.55. The standard InChI is InChI=1S/C25H31N3O3.C2H7N/c1-25(2,3)21-13-19(22(29)14-23(21)30)24-20(15-26-31-24)18-7-5-17(6-8-18)16-28-11-9-27(4)10-12-28;1-2-3/h5-8,13-15,29-30H,9-12,16H2,1-4H3;2-3H2,1H3. The van der Waals surface area contributed by atoms with Crippen LogP contribution in [0, 0.1) is 0 Å². The van der Waals surface area contributed by atoms with Crippen molar-refractivity contribution in [2.75, 3.05) is 39.8 Å². The van der Waals surface area contributed by atoms with Crippen molar-refractivity contribution in [3.8, 4) is 33.9 Å². The molecule has 0 spiro atoms. The topological polar surface area (TPSA) is 99.0 Å². The highest BCUT2D eigenvalue weighted by Crippen LogP contribution is 2.42. The number of likely N-dealkylation sites (N-methyl/N-ethyl adjacent to an activating group) is 1. The van der Waals surface area contributed by atoms with Crippen LogP contribution in [0.15, 0.2) is 47.1 Å². The fourth-order valence-electron chi connectivity index (χ4n) is 4.05. The van der Waals surface area contributed by atoms with E-state index in [9.17, 15) is 10.2 Å². The van der Waals surface area contributed by atoms with Gasteiger partial charge in [0.2, 0.25) is 0 Å². The number of rotatable bonds is 4. The quantitative estimate of drug-likeness (QED) is 0.523. The summed E-state index contributed by atoms with van der Waals surface area (Å²) in [6, 6.07) is 11.6. The van der Waals surface area contributed by atoms with Gasteiger partial charge in [0.25, 0.3) is 0 Å². The Balaban J connectivity index is 0.00000103. The zero-order chi connectivity index (χ0) is 24.9. The molecule has 0 bridgehead atoms. The molecule has 4 rings (SSSR count). The van der Waals surface area contributed by atoms with Crippen LogP contribution in [0.2, 0.25) is 0 Å². The number of aromatic hydroxyl groups is 2. The number of hydrogen-bond donors (Lipinski definition) is 3. The van der Waals surface area contributed by atoms with E-state index in [-0.39, 0.29) is 16.9 Å². The van der Waals surface area contributed by atoms with Gasteiger partial charge in [-0.2, -0.15) is 0 Å². The first kappa shape index (κ1) is 25.7. The van der Waals surface area contributed by atoms with Crippen LogP contribution < -0.4 is 5.73 Å². The third-order valence-corrected chi connectivity index (χ3v) is 6.00. The number of piperazine rings is 1. The minimum atomic E-state index is -0.280. The third-order valence-electron chi connectivity index (χ3n) is 6.00. The predicted molar refractivity (Wildman–Crippen MR) is 137 cm³/mol. The molecule has 34 heavy (non-hydrogen) atoms. The maximum Gasteiger partial charge on any atom is 0.178 e. The van der Waals surface area contributed by atoms with Gasteiger partial charge in [-0.1, -0.05) is 57.1 Å². The molecule has 7 nitrogen and oxygen atoms in total. The minimum absolute atomic E-state index is 0.0322. The molecule has 0 saturated carbocycles. The average Bonchev–Trinajstić information content (AvgIpc) is 3.25. The van der Waals surface area contributed by atoms with Gasteiger partial charge in [-0.15, -0.1) is 0 Å². The molecule has 1 aromatic heterocycles. The van der Waals surface area contributed by atoms with E-state index in [1.807, 2.05) is 27.7 Å². The highest BCUT2D eigenvalue weighted by molar-refractivity contribution is 5.82. The molecule has 7 heteroatoms. The van der Waals surface area contributed by atoms with Gasteiger partial charge in [0.1, 0.15) is 11.5 Å². The first-order valence-corrected chi connectivity index (χ1v) is 11.9. The van der Waals surface area contributed by atoms with Crippen molar-refractivity contribution >= 4 is 0 Å². The first-order valence-electron chi connectivity index (χ1n) is 11.9. The number of phenolic OH excluding ortho intramolecular Hbond substituents is 2. The molecule has 1 aliphatic heterocycles. The van der Waals surface area contributed by atoms with Crippen molar-refractivity contribution < 1.29 is 14.7 Å². The number of hydrogen-bond acceptors (Lipinski definition) is 7. The molecule has 0 amide bonds. The molecule has 3 aromatic rings. The number of nitrogens with two attached hydrogens (primary N) is 1. The fraction of sp³-hybridized carbons (Fsp3) is 0.444. The Hall–Kier alpha value is -2.87. The average molecular weight is 467 g/mol. The van der Waals surface area contributed by atoms with Crippen molar-refractivity contribution in [3.63, 3.8) is 0 Å².